The van der Waals surface area contributed by atoms with Gasteiger partial charge in [-0.15, -0.1) is 0 Å². The zero-order valence-corrected chi connectivity index (χ0v) is 11.4. The van der Waals surface area contributed by atoms with Gasteiger partial charge in [-0.25, -0.2) is 0 Å². The van der Waals surface area contributed by atoms with Crippen LogP contribution in [0.5, 0.6) is 0 Å². The summed E-state index contributed by atoms with van der Waals surface area (Å²) in [5.41, 5.74) is 0. The van der Waals surface area contributed by atoms with Crippen molar-refractivity contribution >= 4 is 0 Å². The van der Waals surface area contributed by atoms with E-state index in [0.717, 1.165) is 36.8 Å². The summed E-state index contributed by atoms with van der Waals surface area (Å²) in [5.74, 6) is 0. The van der Waals surface area contributed by atoms with Crippen LogP contribution in [-0.4, -0.2) is 40.1 Å². The normalized spacial score (nSPS) is 19.7. The van der Waals surface area contributed by atoms with E-state index in [-0.39, 0.29) is 0 Å². The molecule has 1 aliphatic heterocycles. The first-order valence-electron chi connectivity index (χ1n) is 5.00. The molecule has 1 fully saturated rings. The molecule has 0 aromatic heterocycles. The molecular weight excluding hydrogens is 263 g/mol. The van der Waals surface area contributed by atoms with Crippen molar-refractivity contribution in [2.24, 2.45) is 0 Å². The maximum atomic E-state index is 5.42. The second kappa shape index (κ2) is 7.94. The van der Waals surface area contributed by atoms with Gasteiger partial charge in [-0.2, -0.15) is 0 Å². The summed E-state index contributed by atoms with van der Waals surface area (Å²) in [5, 5.41) is 0. The molecular formula is C9H19O4Zr. The molecule has 1 unspecified atom stereocenters. The fraction of sp³-hybridized carbons (Fsp3) is 1.00. The average molecular weight is 282 g/mol. The van der Waals surface area contributed by atoms with Gasteiger partial charge >= 0.3 is 94.8 Å². The first kappa shape index (κ1) is 12.8. The van der Waals surface area contributed by atoms with Crippen molar-refractivity contribution in [2.45, 2.75) is 23.1 Å². The van der Waals surface area contributed by atoms with Gasteiger partial charge in [0.25, 0.3) is 0 Å². The van der Waals surface area contributed by atoms with E-state index in [9.17, 15) is 0 Å². The van der Waals surface area contributed by atoms with Crippen LogP contribution in [-0.2, 0) is 37.7 Å². The molecule has 1 rings (SSSR count). The second-order valence-corrected chi connectivity index (χ2v) is 8.33. The van der Waals surface area contributed by atoms with Crippen LogP contribution < -0.4 is 0 Å². The third-order valence-electron chi connectivity index (χ3n) is 2.08. The summed E-state index contributed by atoms with van der Waals surface area (Å²) in [7, 11) is 3.50. The summed E-state index contributed by atoms with van der Waals surface area (Å²) < 4.78 is 22.1. The molecule has 0 saturated carbocycles. The van der Waals surface area contributed by atoms with Crippen LogP contribution in [0.3, 0.4) is 0 Å². The van der Waals surface area contributed by atoms with Crippen molar-refractivity contribution in [3.63, 3.8) is 0 Å². The molecule has 0 aromatic rings. The Hall–Kier alpha value is 0.723. The molecule has 0 aliphatic carbocycles. The Bertz CT molecular complexity index is 137. The number of rotatable bonds is 9. The standard InChI is InChI=1S/C7H13O2.2CH3O.Zr/c1-2-3-4-8-5-7-6-9-7;2*1-2;/h7H,1-6H2;2*1H3;/q;2*-1;+2. The zero-order chi connectivity index (χ0) is 10.2. The molecule has 5 heteroatoms. The summed E-state index contributed by atoms with van der Waals surface area (Å²) in [4.78, 5) is 0. The Morgan fingerprint density at radius 3 is 2.57 bits per heavy atom. The van der Waals surface area contributed by atoms with E-state index in [4.69, 9.17) is 15.1 Å². The van der Waals surface area contributed by atoms with Gasteiger partial charge in [-0.05, 0) is 0 Å². The Labute approximate surface area is 94.8 Å². The quantitative estimate of drug-likeness (QED) is 0.473. The minimum atomic E-state index is -1.86. The van der Waals surface area contributed by atoms with Gasteiger partial charge < -0.3 is 0 Å². The fourth-order valence-corrected chi connectivity index (χ4v) is 3.88. The average Bonchev–Trinajstić information content (AvgIpc) is 3.01. The van der Waals surface area contributed by atoms with Crippen molar-refractivity contribution < 1.29 is 37.7 Å². The summed E-state index contributed by atoms with van der Waals surface area (Å²) in [6.45, 7) is 2.48. The van der Waals surface area contributed by atoms with Gasteiger partial charge in [0.1, 0.15) is 0 Å². The third kappa shape index (κ3) is 6.25. The van der Waals surface area contributed by atoms with Crippen LogP contribution >= 0.6 is 0 Å². The number of ether oxygens (including phenoxy) is 2. The van der Waals surface area contributed by atoms with Gasteiger partial charge in [-0.1, -0.05) is 0 Å². The SMILES string of the molecule is C[O][Zr]([CH2]CCCOCC1CO1)[O]C. The molecule has 4 nitrogen and oxygen atoms in total. The first-order chi connectivity index (χ1) is 6.86. The van der Waals surface area contributed by atoms with E-state index in [1.807, 2.05) is 0 Å². The molecule has 14 heavy (non-hydrogen) atoms. The van der Waals surface area contributed by atoms with Crippen LogP contribution in [0.15, 0.2) is 0 Å². The number of hydrogen-bond acceptors (Lipinski definition) is 4. The molecule has 83 valence electrons. The molecule has 1 aliphatic rings. The molecule has 1 atom stereocenters. The number of epoxide rings is 1. The third-order valence-corrected chi connectivity index (χ3v) is 6.19. The van der Waals surface area contributed by atoms with Crippen molar-refractivity contribution in [2.75, 3.05) is 34.0 Å². The predicted molar refractivity (Wildman–Crippen MR) is 48.6 cm³/mol. The van der Waals surface area contributed by atoms with Crippen LogP contribution in [0.25, 0.3) is 0 Å². The molecule has 1 heterocycles. The van der Waals surface area contributed by atoms with Crippen LogP contribution in [0.4, 0.5) is 0 Å². The van der Waals surface area contributed by atoms with E-state index in [1.54, 1.807) is 14.2 Å². The predicted octanol–water partition coefficient (Wildman–Crippen LogP) is 1.34. The second-order valence-electron chi connectivity index (χ2n) is 3.27. The summed E-state index contributed by atoms with van der Waals surface area (Å²) >= 11 is -1.86. The molecule has 0 N–H and O–H groups in total. The van der Waals surface area contributed by atoms with Crippen molar-refractivity contribution in [1.29, 1.82) is 0 Å². The Morgan fingerprint density at radius 2 is 2.00 bits per heavy atom. The van der Waals surface area contributed by atoms with Crippen LogP contribution in [0.1, 0.15) is 12.8 Å². The molecule has 1 saturated heterocycles. The first-order valence-corrected chi connectivity index (χ1v) is 8.74. The van der Waals surface area contributed by atoms with Crippen molar-refractivity contribution in [3.8, 4) is 0 Å². The van der Waals surface area contributed by atoms with E-state index in [2.05, 4.69) is 0 Å². The van der Waals surface area contributed by atoms with E-state index < -0.39 is 22.6 Å². The molecule has 0 radical (unpaired) electrons. The molecule has 0 aromatic carbocycles. The van der Waals surface area contributed by atoms with Gasteiger partial charge in [-0.3, -0.25) is 0 Å². The monoisotopic (exact) mass is 281 g/mol. The summed E-state index contributed by atoms with van der Waals surface area (Å²) in [6, 6.07) is 0. The number of unbranched alkanes of at least 4 members (excludes halogenated alkanes) is 1. The topological polar surface area (TPSA) is 40.2 Å². The van der Waals surface area contributed by atoms with Gasteiger partial charge in [0.15, 0.2) is 0 Å². The van der Waals surface area contributed by atoms with Gasteiger partial charge in [0.2, 0.25) is 0 Å². The van der Waals surface area contributed by atoms with Crippen LogP contribution in [0.2, 0.25) is 4.13 Å². The Kier molecular flexibility index (Phi) is 7.26. The molecule has 0 spiro atoms. The minimum absolute atomic E-state index is 0.388. The fourth-order valence-electron chi connectivity index (χ4n) is 1.14. The van der Waals surface area contributed by atoms with Crippen molar-refractivity contribution in [1.82, 2.24) is 0 Å². The Morgan fingerprint density at radius 1 is 1.29 bits per heavy atom. The van der Waals surface area contributed by atoms with E-state index in [0.29, 0.717) is 6.10 Å². The van der Waals surface area contributed by atoms with Gasteiger partial charge in [0.05, 0.1) is 0 Å². The summed E-state index contributed by atoms with van der Waals surface area (Å²) in [6.07, 6.45) is 2.64. The number of hydrogen-bond donors (Lipinski definition) is 0. The molecule has 0 amide bonds. The zero-order valence-electron chi connectivity index (χ0n) is 8.95. The van der Waals surface area contributed by atoms with E-state index >= 15 is 0 Å². The van der Waals surface area contributed by atoms with Gasteiger partial charge in [0, 0.05) is 0 Å². The maximum absolute atomic E-state index is 5.42. The molecule has 0 bridgehead atoms. The Balaban J connectivity index is 1.78. The van der Waals surface area contributed by atoms with E-state index in [1.165, 1.54) is 0 Å². The van der Waals surface area contributed by atoms with Crippen molar-refractivity contribution in [3.05, 3.63) is 0 Å². The van der Waals surface area contributed by atoms with Crippen LogP contribution in [0, 0.1) is 0 Å².